The van der Waals surface area contributed by atoms with Crippen LogP contribution in [0, 0.1) is 119 Å². The van der Waals surface area contributed by atoms with Gasteiger partial charge in [0.25, 0.3) is 0 Å². The fourth-order valence-corrected chi connectivity index (χ4v) is 13.2. The van der Waals surface area contributed by atoms with Crippen LogP contribution in [0.25, 0.3) is 32.7 Å². The van der Waals surface area contributed by atoms with Crippen molar-refractivity contribution in [3.8, 4) is 154 Å². The van der Waals surface area contributed by atoms with Crippen LogP contribution >= 0.6 is 0 Å². The highest BCUT2D eigenvalue weighted by atomic mass is 16.6. The van der Waals surface area contributed by atoms with E-state index in [2.05, 4.69) is 179 Å². The molecule has 0 saturated heterocycles. The molecule has 0 aromatic heterocycles. The summed E-state index contributed by atoms with van der Waals surface area (Å²) in [6, 6.07) is 79.0. The molecule has 12 rings (SSSR count). The van der Waals surface area contributed by atoms with Crippen molar-refractivity contribution in [1.82, 2.24) is 0 Å². The van der Waals surface area contributed by atoms with E-state index in [1.807, 2.05) is 170 Å². The van der Waals surface area contributed by atoms with Crippen molar-refractivity contribution in [3.63, 3.8) is 0 Å². The van der Waals surface area contributed by atoms with E-state index in [9.17, 15) is 0 Å². The van der Waals surface area contributed by atoms with Gasteiger partial charge in [-0.1, -0.05) is 204 Å². The van der Waals surface area contributed by atoms with Crippen molar-refractivity contribution < 1.29 is 75.8 Å². The predicted octanol–water partition coefficient (Wildman–Crippen LogP) is 17.1. The maximum absolute atomic E-state index is 6.34. The number of ether oxygens (including phenoxy) is 16. The van der Waals surface area contributed by atoms with Gasteiger partial charge in [0.1, 0.15) is 49.4 Å². The van der Waals surface area contributed by atoms with Gasteiger partial charge >= 0.3 is 0 Å². The van der Waals surface area contributed by atoms with Gasteiger partial charge in [-0.3, -0.25) is 0 Å². The lowest BCUT2D eigenvalue weighted by atomic mass is 9.87. The Hall–Kier alpha value is -14.5. The maximum Gasteiger partial charge on any atom is 0.121 e. The van der Waals surface area contributed by atoms with Crippen LogP contribution in [0.5, 0.6) is 23.0 Å². The van der Waals surface area contributed by atoms with Gasteiger partial charge in [0, 0.05) is 140 Å². The molecule has 0 N–H and O–H groups in total. The zero-order valence-electron chi connectivity index (χ0n) is 74.8. The summed E-state index contributed by atoms with van der Waals surface area (Å²) in [7, 11) is 6.56. The first-order chi connectivity index (χ1) is 65.2. The van der Waals surface area contributed by atoms with Crippen LogP contribution in [-0.4, -0.2) is 187 Å². The highest BCUT2D eigenvalue weighted by Gasteiger charge is 2.17. The molecule has 16 heteroatoms. The number of benzene rings is 12. The fraction of sp³-hybridized carbons (Fsp3) is 0.241. The number of rotatable bonds is 41. The molecular weight excluding hydrogens is 1650 g/mol. The molecule has 0 bridgehead atoms. The lowest BCUT2D eigenvalue weighted by Gasteiger charge is -2.15. The van der Waals surface area contributed by atoms with Crippen molar-refractivity contribution in [2.75, 3.05) is 187 Å². The molecule has 0 atom stereocenters. The molecule has 0 saturated carbocycles. The van der Waals surface area contributed by atoms with E-state index in [1.54, 1.807) is 28.4 Å². The van der Waals surface area contributed by atoms with Crippen molar-refractivity contribution >= 4 is 21.5 Å². The van der Waals surface area contributed by atoms with Crippen LogP contribution in [0.4, 0.5) is 0 Å². The maximum atomic E-state index is 6.34. The monoisotopic (exact) mass is 1750 g/mol. The predicted molar refractivity (Wildman–Crippen MR) is 518 cm³/mol. The zero-order chi connectivity index (χ0) is 91.5. The van der Waals surface area contributed by atoms with Crippen LogP contribution in [0.1, 0.15) is 100 Å². The minimum Gasteiger partial charge on any atom is -0.491 e. The summed E-state index contributed by atoms with van der Waals surface area (Å²) >= 11 is 0. The van der Waals surface area contributed by atoms with Gasteiger partial charge in [-0.05, 0) is 167 Å². The van der Waals surface area contributed by atoms with E-state index in [1.165, 1.54) is 0 Å². The third-order valence-electron chi connectivity index (χ3n) is 19.6. The van der Waals surface area contributed by atoms with Crippen molar-refractivity contribution in [1.29, 1.82) is 0 Å². The molecule has 0 radical (unpaired) electrons. The summed E-state index contributed by atoms with van der Waals surface area (Å²) in [5.74, 6) is 62.3. The van der Waals surface area contributed by atoms with Crippen LogP contribution in [0.3, 0.4) is 0 Å². The molecule has 0 unspecified atom stereocenters. The number of hydrogen-bond acceptors (Lipinski definition) is 16. The molecule has 132 heavy (non-hydrogen) atoms. The largest absolute Gasteiger partial charge is 0.491 e. The Balaban J connectivity index is 0.821. The molecule has 662 valence electrons. The Morgan fingerprint density at radius 1 is 0.182 bits per heavy atom. The average molecular weight is 1750 g/mol. The second-order valence-corrected chi connectivity index (χ2v) is 29.2. The van der Waals surface area contributed by atoms with Gasteiger partial charge < -0.3 is 75.8 Å². The Morgan fingerprint density at radius 2 is 0.394 bits per heavy atom. The van der Waals surface area contributed by atoms with Crippen LogP contribution < -0.4 is 18.9 Å². The minimum atomic E-state index is 0.272. The van der Waals surface area contributed by atoms with Crippen LogP contribution in [-0.2, 0) is 56.8 Å². The van der Waals surface area contributed by atoms with Crippen molar-refractivity contribution in [3.05, 3.63) is 343 Å². The molecule has 12 aromatic carbocycles. The molecule has 0 amide bonds. The summed E-state index contributed by atoms with van der Waals surface area (Å²) in [6.45, 7) is 9.86. The van der Waals surface area contributed by atoms with Gasteiger partial charge in [0.15, 0.2) is 0 Å². The lowest BCUT2D eigenvalue weighted by molar-refractivity contribution is 0.0179. The topological polar surface area (TPSA) is 148 Å². The summed E-state index contributed by atoms with van der Waals surface area (Å²) in [6.07, 6.45) is 11.7. The number of terminal acetylenes is 2. The average Bonchev–Trinajstić information content (AvgIpc) is 0.751. The quantitative estimate of drug-likeness (QED) is 0.0264. The molecule has 0 aliphatic rings. The van der Waals surface area contributed by atoms with Gasteiger partial charge in [-0.2, -0.15) is 0 Å². The number of hydrogen-bond donors (Lipinski definition) is 0. The third-order valence-corrected chi connectivity index (χ3v) is 19.6. The minimum absolute atomic E-state index is 0.272. The highest BCUT2D eigenvalue weighted by molar-refractivity contribution is 6.09. The standard InChI is InChI=1S/C116H102O16/c1-7-101-23-9-11-25-103(101)43-41-99-79-97(85-111(87-99)131-73-69-127-65-61-123-57-53-119-5)37-35-95-77-93(81-109(83-95)129-71-67-125-63-59-121-55-51-117-3)33-31-89-19-17-21-91(75-89)39-45-107-49-47-105-27-13-15-29-113(105)115(107)116-108(50-48-106-28-14-16-30-114(106)116)46-40-92-22-18-20-90(76-92)32-34-94-78-96(84-110(82-94)130-72-68-126-64-60-122-56-52-118-4)36-38-98-80-100(42-44-104-26-12-10-24-102(104)8-2)88-112(86-98)132-74-70-128-66-62-124-58-54-120-6/h1-2,9-30,47-50,75-88H,51-74H2,3-6H3. The Labute approximate surface area is 776 Å². The molecule has 0 spiro atoms. The summed E-state index contributed by atoms with van der Waals surface area (Å²) in [4.78, 5) is 0. The van der Waals surface area contributed by atoms with Crippen LogP contribution in [0.2, 0.25) is 0 Å². The molecular formula is C116H102O16. The van der Waals surface area contributed by atoms with E-state index >= 15 is 0 Å². The first-order valence-electron chi connectivity index (χ1n) is 43.4. The second kappa shape index (κ2) is 55.4. The molecule has 0 heterocycles. The van der Waals surface area contributed by atoms with E-state index in [-0.39, 0.29) is 26.4 Å². The van der Waals surface area contributed by atoms with Gasteiger partial charge in [0.2, 0.25) is 0 Å². The van der Waals surface area contributed by atoms with Gasteiger partial charge in [-0.25, -0.2) is 0 Å². The summed E-state index contributed by atoms with van der Waals surface area (Å²) < 4.78 is 91.1. The highest BCUT2D eigenvalue weighted by Crippen LogP contribution is 2.39. The summed E-state index contributed by atoms with van der Waals surface area (Å²) in [5, 5.41) is 4.18. The Kier molecular flexibility index (Phi) is 40.5. The Bertz CT molecular complexity index is 6120. The number of fused-ring (bicyclic) bond motifs is 2. The normalized spacial score (nSPS) is 10.4. The van der Waals surface area contributed by atoms with Gasteiger partial charge in [0.05, 0.1) is 132 Å². The molecule has 0 aliphatic heterocycles. The van der Waals surface area contributed by atoms with E-state index in [4.69, 9.17) is 88.6 Å². The molecule has 0 aliphatic carbocycles. The zero-order valence-corrected chi connectivity index (χ0v) is 74.8. The molecule has 12 aromatic rings. The summed E-state index contributed by atoms with van der Waals surface area (Å²) in [5.41, 5.74) is 14.9. The van der Waals surface area contributed by atoms with Gasteiger partial charge in [-0.15, -0.1) is 12.8 Å². The van der Waals surface area contributed by atoms with E-state index in [0.717, 1.165) is 77.2 Å². The smallest absolute Gasteiger partial charge is 0.121 e. The fourth-order valence-electron chi connectivity index (χ4n) is 13.2. The first kappa shape index (κ1) is 96.6. The number of methoxy groups -OCH3 is 4. The molecule has 0 fully saturated rings. The molecule has 16 nitrogen and oxygen atoms in total. The SMILES string of the molecule is C#Cc1ccccc1C#Cc1cc(C#Cc2cc(C#Cc3cccc(C#Cc4ccc5ccccc5c4-c4c(C#Cc5cccc(C#Cc6cc(C#Cc7cc(C#Cc8ccccc8C#C)cc(OCCOCCOCCOC)c7)cc(OCCOCCOCCOC)c6)c5)ccc5ccccc45)c3)cc(OCCOCCOCCOC)c2)cc(OCCOCCOCCOC)c1. The second-order valence-electron chi connectivity index (χ2n) is 29.2. The lowest BCUT2D eigenvalue weighted by Crippen LogP contribution is -2.12. The first-order valence-corrected chi connectivity index (χ1v) is 43.4. The Morgan fingerprint density at radius 3 is 0.667 bits per heavy atom. The van der Waals surface area contributed by atoms with Crippen molar-refractivity contribution in [2.24, 2.45) is 0 Å². The van der Waals surface area contributed by atoms with E-state index in [0.29, 0.717) is 211 Å². The van der Waals surface area contributed by atoms with E-state index < -0.39 is 0 Å². The van der Waals surface area contributed by atoms with Crippen LogP contribution in [0.15, 0.2) is 243 Å². The third kappa shape index (κ3) is 32.6. The van der Waals surface area contributed by atoms with Crippen molar-refractivity contribution in [2.45, 2.75) is 0 Å².